The van der Waals surface area contributed by atoms with Crippen molar-refractivity contribution in [2.75, 3.05) is 13.7 Å². The highest BCUT2D eigenvalue weighted by molar-refractivity contribution is 9.10. The van der Waals surface area contributed by atoms with E-state index in [2.05, 4.69) is 21.2 Å². The molecule has 1 N–H and O–H groups in total. The second kappa shape index (κ2) is 7.38. The highest BCUT2D eigenvalue weighted by atomic mass is 79.9. The van der Waals surface area contributed by atoms with Crippen molar-refractivity contribution in [1.82, 2.24) is 5.32 Å². The van der Waals surface area contributed by atoms with Gasteiger partial charge in [-0.2, -0.15) is 0 Å². The molecule has 0 radical (unpaired) electrons. The van der Waals surface area contributed by atoms with Crippen molar-refractivity contribution < 1.29 is 9.53 Å². The first-order valence-electron chi connectivity index (χ1n) is 6.74. The molecule has 21 heavy (non-hydrogen) atoms. The fourth-order valence-corrected chi connectivity index (χ4v) is 2.66. The number of amides is 1. The van der Waals surface area contributed by atoms with Crippen LogP contribution in [0.1, 0.15) is 27.6 Å². The molecule has 0 fully saturated rings. The number of hydrogen-bond donors (Lipinski definition) is 1. The van der Waals surface area contributed by atoms with Gasteiger partial charge in [0.25, 0.3) is 5.91 Å². The number of nitrogens with one attached hydrogen (secondary N) is 1. The van der Waals surface area contributed by atoms with Crippen LogP contribution >= 0.6 is 15.9 Å². The van der Waals surface area contributed by atoms with Gasteiger partial charge in [-0.3, -0.25) is 4.79 Å². The molecule has 0 spiro atoms. The van der Waals surface area contributed by atoms with E-state index in [1.165, 1.54) is 0 Å². The predicted molar refractivity (Wildman–Crippen MR) is 87.4 cm³/mol. The second-order valence-electron chi connectivity index (χ2n) is 4.77. The van der Waals surface area contributed by atoms with Gasteiger partial charge in [-0.15, -0.1) is 0 Å². The Hall–Kier alpha value is -1.65. The van der Waals surface area contributed by atoms with Gasteiger partial charge in [0.05, 0.1) is 11.7 Å². The predicted octanol–water partition coefficient (Wildman–Crippen LogP) is 3.88. The fraction of sp³-hybridized carbons (Fsp3) is 0.235. The monoisotopic (exact) mass is 347 g/mol. The van der Waals surface area contributed by atoms with Gasteiger partial charge >= 0.3 is 0 Å². The molecule has 0 heterocycles. The van der Waals surface area contributed by atoms with Crippen LogP contribution in [0.4, 0.5) is 0 Å². The van der Waals surface area contributed by atoms with Crippen molar-refractivity contribution in [1.29, 1.82) is 0 Å². The minimum absolute atomic E-state index is 0.113. The molecule has 1 atom stereocenters. The van der Waals surface area contributed by atoms with E-state index >= 15 is 0 Å². The Morgan fingerprint density at radius 3 is 2.52 bits per heavy atom. The first-order chi connectivity index (χ1) is 10.1. The Bertz CT molecular complexity index is 628. The summed E-state index contributed by atoms with van der Waals surface area (Å²) in [5.74, 6) is -0.113. The van der Waals surface area contributed by atoms with E-state index < -0.39 is 0 Å². The van der Waals surface area contributed by atoms with Crippen LogP contribution in [-0.2, 0) is 4.74 Å². The van der Waals surface area contributed by atoms with Crippen molar-refractivity contribution in [2.45, 2.75) is 13.0 Å². The van der Waals surface area contributed by atoms with E-state index in [-0.39, 0.29) is 12.0 Å². The molecule has 0 aromatic heterocycles. The van der Waals surface area contributed by atoms with Crippen molar-refractivity contribution in [3.8, 4) is 0 Å². The molecule has 0 unspecified atom stereocenters. The van der Waals surface area contributed by atoms with Crippen molar-refractivity contribution in [3.05, 3.63) is 69.7 Å². The molecule has 2 rings (SSSR count). The number of aryl methyl sites for hydroxylation is 1. The number of rotatable bonds is 5. The van der Waals surface area contributed by atoms with Gasteiger partial charge in [0.2, 0.25) is 0 Å². The minimum atomic E-state index is -0.155. The summed E-state index contributed by atoms with van der Waals surface area (Å²) < 4.78 is 6.29. The van der Waals surface area contributed by atoms with E-state index in [0.29, 0.717) is 12.1 Å². The third kappa shape index (κ3) is 3.93. The Morgan fingerprint density at radius 1 is 1.19 bits per heavy atom. The molecule has 4 heteroatoms. The zero-order valence-corrected chi connectivity index (χ0v) is 13.7. The molecule has 0 bridgehead atoms. The van der Waals surface area contributed by atoms with Crippen molar-refractivity contribution >= 4 is 21.8 Å². The Kier molecular flexibility index (Phi) is 5.53. The molecule has 0 aliphatic carbocycles. The quantitative estimate of drug-likeness (QED) is 0.891. The molecule has 2 aromatic rings. The zero-order chi connectivity index (χ0) is 15.2. The minimum Gasteiger partial charge on any atom is -0.375 e. The SMILES string of the molecule is CO[C@H](CNC(=O)c1ccccc1Br)c1ccccc1C. The maximum Gasteiger partial charge on any atom is 0.252 e. The van der Waals surface area contributed by atoms with Crippen LogP contribution in [0.2, 0.25) is 0 Å². The van der Waals surface area contributed by atoms with Crippen molar-refractivity contribution in [2.24, 2.45) is 0 Å². The Balaban J connectivity index is 2.06. The molecule has 0 saturated heterocycles. The number of carbonyl (C=O) groups is 1. The maximum atomic E-state index is 12.2. The van der Waals surface area contributed by atoms with Gasteiger partial charge in [0.1, 0.15) is 0 Å². The van der Waals surface area contributed by atoms with E-state index in [9.17, 15) is 4.79 Å². The summed E-state index contributed by atoms with van der Waals surface area (Å²) in [6.07, 6.45) is -0.155. The average molecular weight is 348 g/mol. The van der Waals surface area contributed by atoms with E-state index in [1.807, 2.05) is 49.4 Å². The molecule has 0 aliphatic heterocycles. The van der Waals surface area contributed by atoms with Gasteiger partial charge < -0.3 is 10.1 Å². The lowest BCUT2D eigenvalue weighted by molar-refractivity contribution is 0.0825. The summed E-state index contributed by atoms with van der Waals surface area (Å²) >= 11 is 3.39. The maximum absolute atomic E-state index is 12.2. The van der Waals surface area contributed by atoms with Crippen LogP contribution in [0.15, 0.2) is 53.0 Å². The summed E-state index contributed by atoms with van der Waals surface area (Å²) in [7, 11) is 1.65. The van der Waals surface area contributed by atoms with Crippen LogP contribution in [0.25, 0.3) is 0 Å². The largest absolute Gasteiger partial charge is 0.375 e. The molecule has 2 aromatic carbocycles. The van der Waals surface area contributed by atoms with Crippen molar-refractivity contribution in [3.63, 3.8) is 0 Å². The number of halogens is 1. The molecule has 110 valence electrons. The van der Waals surface area contributed by atoms with E-state index in [0.717, 1.165) is 15.6 Å². The third-order valence-electron chi connectivity index (χ3n) is 3.39. The number of ether oxygens (including phenoxy) is 1. The normalized spacial score (nSPS) is 12.0. The highest BCUT2D eigenvalue weighted by Crippen LogP contribution is 2.20. The summed E-state index contributed by atoms with van der Waals surface area (Å²) in [6, 6.07) is 15.4. The van der Waals surface area contributed by atoms with Crippen LogP contribution in [0.5, 0.6) is 0 Å². The van der Waals surface area contributed by atoms with Gasteiger partial charge in [0.15, 0.2) is 0 Å². The number of carbonyl (C=O) groups excluding carboxylic acids is 1. The summed E-state index contributed by atoms with van der Waals surface area (Å²) in [5, 5.41) is 2.92. The van der Waals surface area contributed by atoms with Crippen LogP contribution in [-0.4, -0.2) is 19.6 Å². The summed E-state index contributed by atoms with van der Waals surface area (Å²) in [4.78, 5) is 12.2. The highest BCUT2D eigenvalue weighted by Gasteiger charge is 2.15. The van der Waals surface area contributed by atoms with Crippen LogP contribution < -0.4 is 5.32 Å². The Labute approximate surface area is 133 Å². The lowest BCUT2D eigenvalue weighted by Crippen LogP contribution is -2.29. The number of hydrogen-bond acceptors (Lipinski definition) is 2. The van der Waals surface area contributed by atoms with Crippen LogP contribution in [0, 0.1) is 6.92 Å². The first-order valence-corrected chi connectivity index (χ1v) is 7.54. The Morgan fingerprint density at radius 2 is 1.86 bits per heavy atom. The molecule has 3 nitrogen and oxygen atoms in total. The van der Waals surface area contributed by atoms with Gasteiger partial charge in [-0.05, 0) is 46.1 Å². The van der Waals surface area contributed by atoms with Gasteiger partial charge in [-0.25, -0.2) is 0 Å². The molecule has 0 aliphatic rings. The van der Waals surface area contributed by atoms with Gasteiger partial charge in [-0.1, -0.05) is 36.4 Å². The summed E-state index contributed by atoms with van der Waals surface area (Å²) in [5.41, 5.74) is 2.86. The average Bonchev–Trinajstić information content (AvgIpc) is 2.49. The fourth-order valence-electron chi connectivity index (χ4n) is 2.19. The molecular formula is C17H18BrNO2. The van der Waals surface area contributed by atoms with E-state index in [4.69, 9.17) is 4.74 Å². The lowest BCUT2D eigenvalue weighted by atomic mass is 10.0. The standard InChI is InChI=1S/C17H18BrNO2/c1-12-7-3-4-8-13(12)16(21-2)11-19-17(20)14-9-5-6-10-15(14)18/h3-10,16H,11H2,1-2H3,(H,19,20)/t16-/m1/s1. The second-order valence-corrected chi connectivity index (χ2v) is 5.63. The molecule has 0 saturated carbocycles. The number of benzene rings is 2. The molecule has 1 amide bonds. The smallest absolute Gasteiger partial charge is 0.252 e. The third-order valence-corrected chi connectivity index (χ3v) is 4.08. The van der Waals surface area contributed by atoms with Crippen LogP contribution in [0.3, 0.4) is 0 Å². The first kappa shape index (κ1) is 15.7. The van der Waals surface area contributed by atoms with Gasteiger partial charge in [0, 0.05) is 18.1 Å². The number of methoxy groups -OCH3 is 1. The topological polar surface area (TPSA) is 38.3 Å². The zero-order valence-electron chi connectivity index (χ0n) is 12.1. The molecular weight excluding hydrogens is 330 g/mol. The van der Waals surface area contributed by atoms with E-state index in [1.54, 1.807) is 13.2 Å². The summed E-state index contributed by atoms with van der Waals surface area (Å²) in [6.45, 7) is 2.47. The lowest BCUT2D eigenvalue weighted by Gasteiger charge is -2.18.